The minimum absolute atomic E-state index is 0.215. The fourth-order valence-electron chi connectivity index (χ4n) is 6.58. The summed E-state index contributed by atoms with van der Waals surface area (Å²) in [6, 6.07) is 14.6. The Balaban J connectivity index is 1.46. The zero-order valence-electron chi connectivity index (χ0n) is 16.2. The van der Waals surface area contributed by atoms with Crippen molar-refractivity contribution in [3.05, 3.63) is 64.7 Å². The molecule has 2 nitrogen and oxygen atoms in total. The van der Waals surface area contributed by atoms with Crippen LogP contribution in [-0.2, 0) is 12.0 Å². The molecule has 0 unspecified atom stereocenters. The lowest BCUT2D eigenvalue weighted by molar-refractivity contribution is -0.00616. The summed E-state index contributed by atoms with van der Waals surface area (Å²) in [5, 5.41) is 11.2. The van der Waals surface area contributed by atoms with Crippen LogP contribution in [-0.4, -0.2) is 11.3 Å². The van der Waals surface area contributed by atoms with Crippen molar-refractivity contribution >= 4 is 6.21 Å². The predicted octanol–water partition coefficient (Wildman–Crippen LogP) is 5.79. The number of hydrogen-bond acceptors (Lipinski definition) is 2. The summed E-state index contributed by atoms with van der Waals surface area (Å²) in [7, 11) is 0. The van der Waals surface area contributed by atoms with Crippen molar-refractivity contribution in [2.45, 2.75) is 57.4 Å². The molecule has 4 fully saturated rings. The van der Waals surface area contributed by atoms with Gasteiger partial charge in [-0.2, -0.15) is 0 Å². The molecule has 4 aliphatic carbocycles. The number of rotatable bonds is 4. The van der Waals surface area contributed by atoms with Crippen molar-refractivity contribution < 1.29 is 5.11 Å². The normalized spacial score (nSPS) is 31.7. The Bertz CT molecular complexity index is 832. The maximum Gasteiger partial charge on any atom is 0.128 e. The van der Waals surface area contributed by atoms with Gasteiger partial charge in [-0.05, 0) is 85.8 Å². The average Bonchev–Trinajstić information content (AvgIpc) is 2.64. The van der Waals surface area contributed by atoms with Crippen LogP contribution in [0.1, 0.15) is 60.8 Å². The molecule has 2 heteroatoms. The number of phenolic OH excluding ortho intramolecular Hbond substituents is 1. The molecule has 0 aromatic heterocycles. The van der Waals surface area contributed by atoms with E-state index in [0.717, 1.165) is 23.3 Å². The van der Waals surface area contributed by atoms with Crippen molar-refractivity contribution in [3.63, 3.8) is 0 Å². The Kier molecular flexibility index (Phi) is 4.11. The van der Waals surface area contributed by atoms with Gasteiger partial charge in [0.1, 0.15) is 5.75 Å². The van der Waals surface area contributed by atoms with Gasteiger partial charge in [0.15, 0.2) is 0 Å². The highest BCUT2D eigenvalue weighted by atomic mass is 16.3. The van der Waals surface area contributed by atoms with Crippen molar-refractivity contribution in [2.24, 2.45) is 22.7 Å². The topological polar surface area (TPSA) is 32.6 Å². The number of aromatic hydroxyl groups is 1. The molecular weight excluding hydrogens is 330 g/mol. The van der Waals surface area contributed by atoms with Crippen LogP contribution in [0.4, 0.5) is 0 Å². The molecule has 0 spiro atoms. The van der Waals surface area contributed by atoms with E-state index in [9.17, 15) is 5.11 Å². The number of hydrogen-bond donors (Lipinski definition) is 1. The molecule has 0 atom stereocenters. The molecule has 6 rings (SSSR count). The second-order valence-corrected chi connectivity index (χ2v) is 9.40. The van der Waals surface area contributed by atoms with E-state index in [4.69, 9.17) is 0 Å². The predicted molar refractivity (Wildman–Crippen MR) is 110 cm³/mol. The van der Waals surface area contributed by atoms with E-state index in [0.29, 0.717) is 12.3 Å². The van der Waals surface area contributed by atoms with Gasteiger partial charge >= 0.3 is 0 Å². The molecule has 4 bridgehead atoms. The molecule has 0 aliphatic heterocycles. The highest BCUT2D eigenvalue weighted by molar-refractivity contribution is 5.84. The van der Waals surface area contributed by atoms with Gasteiger partial charge in [-0.15, -0.1) is 0 Å². The van der Waals surface area contributed by atoms with Crippen molar-refractivity contribution in [3.8, 4) is 5.75 Å². The van der Waals surface area contributed by atoms with E-state index in [1.54, 1.807) is 0 Å². The third kappa shape index (κ3) is 3.09. The van der Waals surface area contributed by atoms with Crippen molar-refractivity contribution in [2.75, 3.05) is 0 Å². The molecule has 4 aliphatic rings. The fourth-order valence-corrected chi connectivity index (χ4v) is 6.58. The summed E-state index contributed by atoms with van der Waals surface area (Å²) >= 11 is 0. The maximum atomic E-state index is 11.2. The molecule has 0 saturated heterocycles. The molecule has 2 aromatic carbocycles. The number of aliphatic imine (C=N–C) groups is 1. The quantitative estimate of drug-likeness (QED) is 0.689. The summed E-state index contributed by atoms with van der Waals surface area (Å²) < 4.78 is 0. The highest BCUT2D eigenvalue weighted by Gasteiger charge is 2.52. The summed E-state index contributed by atoms with van der Waals surface area (Å²) in [5.41, 5.74) is 4.74. The van der Waals surface area contributed by atoms with Crippen LogP contribution in [0.3, 0.4) is 0 Å². The number of phenols is 1. The monoisotopic (exact) mass is 359 g/mol. The summed E-state index contributed by atoms with van der Waals surface area (Å²) in [6.45, 7) is 2.80. The first-order chi connectivity index (χ1) is 13.1. The van der Waals surface area contributed by atoms with Gasteiger partial charge in [-0.1, -0.05) is 36.4 Å². The van der Waals surface area contributed by atoms with Crippen molar-refractivity contribution in [1.29, 1.82) is 0 Å². The molecular formula is C25H29NO. The van der Waals surface area contributed by atoms with E-state index in [1.165, 1.54) is 55.2 Å². The largest absolute Gasteiger partial charge is 0.507 e. The lowest BCUT2D eigenvalue weighted by atomic mass is 9.48. The zero-order valence-corrected chi connectivity index (χ0v) is 16.2. The van der Waals surface area contributed by atoms with Crippen LogP contribution >= 0.6 is 0 Å². The first-order valence-electron chi connectivity index (χ1n) is 10.5. The first kappa shape index (κ1) is 17.0. The van der Waals surface area contributed by atoms with Crippen LogP contribution in [0, 0.1) is 24.7 Å². The summed E-state index contributed by atoms with van der Waals surface area (Å²) in [4.78, 5) is 4.62. The van der Waals surface area contributed by atoms with E-state index in [-0.39, 0.29) is 5.41 Å². The Morgan fingerprint density at radius 2 is 1.63 bits per heavy atom. The van der Waals surface area contributed by atoms with Gasteiger partial charge < -0.3 is 5.11 Å². The Labute approximate surface area is 162 Å². The van der Waals surface area contributed by atoms with Crippen LogP contribution in [0.5, 0.6) is 5.75 Å². The molecule has 2 aromatic rings. The van der Waals surface area contributed by atoms with Crippen LogP contribution < -0.4 is 0 Å². The molecule has 1 N–H and O–H groups in total. The molecule has 0 amide bonds. The lowest BCUT2D eigenvalue weighted by Crippen LogP contribution is -2.48. The van der Waals surface area contributed by atoms with E-state index < -0.39 is 0 Å². The fraction of sp³-hybridized carbons (Fsp3) is 0.480. The number of benzene rings is 2. The lowest BCUT2D eigenvalue weighted by Gasteiger charge is -2.57. The van der Waals surface area contributed by atoms with Crippen molar-refractivity contribution in [1.82, 2.24) is 0 Å². The zero-order chi connectivity index (χ0) is 18.4. The Hall–Kier alpha value is -2.09. The highest BCUT2D eigenvalue weighted by Crippen LogP contribution is 2.62. The molecule has 27 heavy (non-hydrogen) atoms. The minimum Gasteiger partial charge on any atom is -0.507 e. The van der Waals surface area contributed by atoms with Gasteiger partial charge in [0.2, 0.25) is 0 Å². The maximum absolute atomic E-state index is 11.2. The van der Waals surface area contributed by atoms with Crippen LogP contribution in [0.2, 0.25) is 0 Å². The molecule has 0 heterocycles. The molecule has 4 saturated carbocycles. The van der Waals surface area contributed by atoms with Crippen LogP contribution in [0.15, 0.2) is 47.5 Å². The first-order valence-corrected chi connectivity index (χ1v) is 10.5. The van der Waals surface area contributed by atoms with Crippen LogP contribution in [0.25, 0.3) is 0 Å². The Morgan fingerprint density at radius 1 is 1.00 bits per heavy atom. The summed E-state index contributed by atoms with van der Waals surface area (Å²) in [6.07, 6.45) is 9.98. The van der Waals surface area contributed by atoms with Gasteiger partial charge in [0.25, 0.3) is 0 Å². The second-order valence-electron chi connectivity index (χ2n) is 9.40. The molecule has 140 valence electrons. The molecule has 0 radical (unpaired) electrons. The average molecular weight is 360 g/mol. The smallest absolute Gasteiger partial charge is 0.128 e. The third-order valence-electron chi connectivity index (χ3n) is 7.24. The minimum atomic E-state index is 0.215. The van der Waals surface area contributed by atoms with Gasteiger partial charge in [-0.3, -0.25) is 4.99 Å². The van der Waals surface area contributed by atoms with Gasteiger partial charge in [0.05, 0.1) is 6.54 Å². The Morgan fingerprint density at radius 3 is 2.26 bits per heavy atom. The van der Waals surface area contributed by atoms with E-state index >= 15 is 0 Å². The van der Waals surface area contributed by atoms with E-state index in [2.05, 4.69) is 36.2 Å². The SMILES string of the molecule is Cc1cc(C=NCc2ccccc2)c(O)c(C23CC4CC(CC(C4)C2)C3)c1. The van der Waals surface area contributed by atoms with Gasteiger partial charge in [0, 0.05) is 17.3 Å². The van der Waals surface area contributed by atoms with E-state index in [1.807, 2.05) is 24.4 Å². The standard InChI is InChI=1S/C25H29NO/c1-17-7-22(16-26-15-18-5-3-2-4-6-18)24(27)23(8-17)25-12-19-9-20(13-25)11-21(10-19)14-25/h2-8,16,19-21,27H,9-15H2,1H3. The third-order valence-corrected chi connectivity index (χ3v) is 7.24. The number of aryl methyl sites for hydroxylation is 1. The summed E-state index contributed by atoms with van der Waals surface area (Å²) in [5.74, 6) is 3.13. The second kappa shape index (κ2) is 6.51. The van der Waals surface area contributed by atoms with Gasteiger partial charge in [-0.25, -0.2) is 0 Å². The number of nitrogens with zero attached hydrogens (tertiary/aromatic N) is 1.